The van der Waals surface area contributed by atoms with Crippen LogP contribution in [0.5, 0.6) is 5.75 Å². The molecule has 0 aliphatic heterocycles. The average molecular weight is 306 g/mol. The number of carboxylic acids is 1. The first-order valence-electron chi connectivity index (χ1n) is 3.92. The van der Waals surface area contributed by atoms with Crippen LogP contribution < -0.4 is 8.35 Å². The summed E-state index contributed by atoms with van der Waals surface area (Å²) in [5, 5.41) is 8.40. The first-order chi connectivity index (χ1) is 6.72. The number of benzene rings is 1. The van der Waals surface area contributed by atoms with Crippen molar-refractivity contribution in [3.05, 3.63) is 34.5 Å². The molecule has 0 radical (unpaired) electrons. The van der Waals surface area contributed by atoms with E-state index in [4.69, 9.17) is 9.84 Å². The molecule has 1 aromatic carbocycles. The van der Waals surface area contributed by atoms with Gasteiger partial charge in [-0.3, -0.25) is 0 Å². The second-order valence-corrected chi connectivity index (χ2v) is 5.23. The Bertz CT molecular complexity index is 347. The third kappa shape index (κ3) is 3.82. The van der Waals surface area contributed by atoms with Crippen LogP contribution in [-0.2, 0) is 4.79 Å². The predicted octanol–water partition coefficient (Wildman–Crippen LogP) is 0.623. The van der Waals surface area contributed by atoms with E-state index < -0.39 is 26.9 Å². The number of hydrogen-bond donors (Lipinski definition) is 1. The van der Waals surface area contributed by atoms with Gasteiger partial charge >= 0.3 is 92.5 Å². The van der Waals surface area contributed by atoms with Crippen molar-refractivity contribution in [3.8, 4) is 5.75 Å². The van der Waals surface area contributed by atoms with Gasteiger partial charge in [0.15, 0.2) is 0 Å². The van der Waals surface area contributed by atoms with Crippen molar-refractivity contribution < 1.29 is 14.6 Å². The zero-order valence-corrected chi connectivity index (χ0v) is 9.97. The molecule has 0 aromatic heterocycles. The van der Waals surface area contributed by atoms with Gasteiger partial charge in [0.05, 0.1) is 0 Å². The van der Waals surface area contributed by atoms with E-state index in [0.29, 0.717) is 0 Å². The fraction of sp³-hybridized carbons (Fsp3) is 0.100. The summed E-state index contributed by atoms with van der Waals surface area (Å²) in [6.45, 7) is 0. The number of methoxy groups -OCH3 is 1. The number of ether oxygens (including phenoxy) is 1. The van der Waals surface area contributed by atoms with Crippen molar-refractivity contribution in [2.24, 2.45) is 0 Å². The van der Waals surface area contributed by atoms with Crippen molar-refractivity contribution in [2.45, 2.75) is 0 Å². The minimum atomic E-state index is -0.891. The molecule has 0 atom stereocenters. The van der Waals surface area contributed by atoms with Crippen LogP contribution in [0, 0.1) is 0 Å². The van der Waals surface area contributed by atoms with E-state index in [2.05, 4.69) is 0 Å². The molecule has 0 spiro atoms. The van der Waals surface area contributed by atoms with E-state index in [1.165, 1.54) is 6.08 Å². The summed E-state index contributed by atoms with van der Waals surface area (Å²) in [4.78, 5) is 10.2. The van der Waals surface area contributed by atoms with Crippen LogP contribution in [0.1, 0.15) is 0 Å². The van der Waals surface area contributed by atoms with Gasteiger partial charge in [-0.1, -0.05) is 0 Å². The number of carboxylic acid groups (broad SMARTS) is 1. The van der Waals surface area contributed by atoms with E-state index in [-0.39, 0.29) is 0 Å². The van der Waals surface area contributed by atoms with Crippen LogP contribution in [0.25, 0.3) is 0 Å². The second-order valence-electron chi connectivity index (χ2n) is 2.44. The fourth-order valence-electron chi connectivity index (χ4n) is 0.845. The van der Waals surface area contributed by atoms with Gasteiger partial charge in [0.1, 0.15) is 0 Å². The van der Waals surface area contributed by atoms with E-state index in [9.17, 15) is 4.79 Å². The molecule has 1 aromatic rings. The quantitative estimate of drug-likeness (QED) is 0.655. The molecular formula is C10H10O3Te. The molecule has 0 saturated carbocycles. The number of rotatable bonds is 4. The molecule has 0 fully saturated rings. The van der Waals surface area contributed by atoms with Crippen molar-refractivity contribution in [2.75, 3.05) is 7.11 Å². The van der Waals surface area contributed by atoms with E-state index in [1.54, 1.807) is 11.2 Å². The van der Waals surface area contributed by atoms with Crippen LogP contribution in [0.3, 0.4) is 0 Å². The Balaban J connectivity index is 2.63. The molecule has 4 heteroatoms. The van der Waals surface area contributed by atoms with E-state index in [1.807, 2.05) is 24.3 Å². The van der Waals surface area contributed by atoms with Gasteiger partial charge < -0.3 is 0 Å². The first kappa shape index (κ1) is 11.1. The maximum absolute atomic E-state index is 10.2. The standard InChI is InChI=1S/C10H10O3Te/c1-13-8-3-2-4-9(7-8)14-6-5-10(11)12/h2-7H,1H3,(H,11,12). The molecule has 0 unspecified atom stereocenters. The minimum absolute atomic E-state index is 0.548. The Hall–Kier alpha value is -0.980. The SMILES string of the molecule is COc1cccc([Te]C=CC(=O)O)c1. The summed E-state index contributed by atoms with van der Waals surface area (Å²) in [7, 11) is 1.62. The van der Waals surface area contributed by atoms with Gasteiger partial charge in [0.2, 0.25) is 0 Å². The maximum atomic E-state index is 10.2. The van der Waals surface area contributed by atoms with Crippen molar-refractivity contribution >= 4 is 30.5 Å². The van der Waals surface area contributed by atoms with Gasteiger partial charge in [0, 0.05) is 0 Å². The zero-order chi connectivity index (χ0) is 10.4. The summed E-state index contributed by atoms with van der Waals surface area (Å²) in [5.74, 6) is -0.0747. The molecule has 0 saturated heterocycles. The van der Waals surface area contributed by atoms with Crippen LogP contribution >= 0.6 is 0 Å². The monoisotopic (exact) mass is 308 g/mol. The molecule has 0 bridgehead atoms. The summed E-state index contributed by atoms with van der Waals surface area (Å²) in [5.41, 5.74) is 0. The Labute approximate surface area is 92.5 Å². The molecular weight excluding hydrogens is 296 g/mol. The zero-order valence-electron chi connectivity index (χ0n) is 7.64. The summed E-state index contributed by atoms with van der Waals surface area (Å²) in [6, 6.07) is 7.70. The number of aliphatic carboxylic acids is 1. The normalized spacial score (nSPS) is 10.4. The van der Waals surface area contributed by atoms with Crippen LogP contribution in [0.15, 0.2) is 34.5 Å². The van der Waals surface area contributed by atoms with Crippen molar-refractivity contribution in [1.29, 1.82) is 0 Å². The van der Waals surface area contributed by atoms with Gasteiger partial charge in [-0.2, -0.15) is 0 Å². The van der Waals surface area contributed by atoms with Crippen LogP contribution in [0.2, 0.25) is 0 Å². The third-order valence-corrected chi connectivity index (χ3v) is 3.73. The molecule has 14 heavy (non-hydrogen) atoms. The molecule has 0 aliphatic rings. The molecule has 1 N–H and O–H groups in total. The van der Waals surface area contributed by atoms with Crippen LogP contribution in [-0.4, -0.2) is 39.1 Å². The molecule has 74 valence electrons. The average Bonchev–Trinajstić information content (AvgIpc) is 2.18. The van der Waals surface area contributed by atoms with E-state index >= 15 is 0 Å². The summed E-state index contributed by atoms with van der Waals surface area (Å²) >= 11 is -0.548. The second kappa shape index (κ2) is 5.69. The van der Waals surface area contributed by atoms with Gasteiger partial charge in [-0.05, 0) is 0 Å². The summed E-state index contributed by atoms with van der Waals surface area (Å²) < 4.78 is 7.96. The fourth-order valence-corrected chi connectivity index (χ4v) is 2.79. The Morgan fingerprint density at radius 2 is 2.36 bits per heavy atom. The Morgan fingerprint density at radius 1 is 1.57 bits per heavy atom. The molecule has 0 aliphatic carbocycles. The van der Waals surface area contributed by atoms with E-state index in [0.717, 1.165) is 9.36 Å². The topological polar surface area (TPSA) is 46.5 Å². The third-order valence-electron chi connectivity index (χ3n) is 1.46. The van der Waals surface area contributed by atoms with Crippen molar-refractivity contribution in [1.82, 2.24) is 0 Å². The Kier molecular flexibility index (Phi) is 4.51. The molecule has 0 heterocycles. The predicted molar refractivity (Wildman–Crippen MR) is 55.2 cm³/mol. The van der Waals surface area contributed by atoms with Gasteiger partial charge in [0.25, 0.3) is 0 Å². The number of carbonyl (C=O) groups is 1. The molecule has 3 nitrogen and oxygen atoms in total. The molecule has 1 rings (SSSR count). The van der Waals surface area contributed by atoms with Gasteiger partial charge in [-0.25, -0.2) is 0 Å². The summed E-state index contributed by atoms with van der Waals surface area (Å²) in [6.07, 6.45) is 1.20. The van der Waals surface area contributed by atoms with Crippen LogP contribution in [0.4, 0.5) is 0 Å². The molecule has 0 amide bonds. The Morgan fingerprint density at radius 3 is 3.00 bits per heavy atom. The van der Waals surface area contributed by atoms with Crippen molar-refractivity contribution in [3.63, 3.8) is 0 Å². The van der Waals surface area contributed by atoms with Gasteiger partial charge in [-0.15, -0.1) is 0 Å². The first-order valence-corrected chi connectivity index (χ1v) is 6.43. The number of hydrogen-bond acceptors (Lipinski definition) is 2.